The molecule has 5 heteroatoms. The van der Waals surface area contributed by atoms with E-state index in [4.69, 9.17) is 22.3 Å². The molecule has 106 valence electrons. The van der Waals surface area contributed by atoms with E-state index in [1.807, 2.05) is 25.2 Å². The Morgan fingerprint density at radius 3 is 2.70 bits per heavy atom. The summed E-state index contributed by atoms with van der Waals surface area (Å²) in [6.45, 7) is 0. The van der Waals surface area contributed by atoms with Crippen LogP contribution in [0.2, 0.25) is 5.02 Å². The quantitative estimate of drug-likeness (QED) is 0.857. The predicted molar refractivity (Wildman–Crippen MR) is 81.7 cm³/mol. The maximum atomic E-state index is 6.27. The molecule has 1 fully saturated rings. The summed E-state index contributed by atoms with van der Waals surface area (Å²) in [6, 6.07) is 5.53. The van der Waals surface area contributed by atoms with Crippen LogP contribution < -0.4 is 5.73 Å². The fraction of sp³-hybridized carbons (Fsp3) is 0.467. The molecular formula is C15H19ClN4. The van der Waals surface area contributed by atoms with Crippen molar-refractivity contribution in [3.05, 3.63) is 29.0 Å². The highest BCUT2D eigenvalue weighted by Crippen LogP contribution is 2.35. The Hall–Kier alpha value is -1.55. The SMILES string of the molecule is Cn1nc(C2CCCCC2)nc1-c1c(N)cccc1Cl. The Kier molecular flexibility index (Phi) is 3.66. The first-order valence-corrected chi connectivity index (χ1v) is 7.50. The van der Waals surface area contributed by atoms with Gasteiger partial charge in [-0.3, -0.25) is 0 Å². The minimum absolute atomic E-state index is 0.479. The number of halogens is 1. The van der Waals surface area contributed by atoms with Gasteiger partial charge in [0.25, 0.3) is 0 Å². The van der Waals surface area contributed by atoms with Gasteiger partial charge in [-0.2, -0.15) is 5.10 Å². The van der Waals surface area contributed by atoms with Crippen molar-refractivity contribution in [2.45, 2.75) is 38.0 Å². The molecule has 4 nitrogen and oxygen atoms in total. The van der Waals surface area contributed by atoms with Gasteiger partial charge in [0.1, 0.15) is 0 Å². The standard InChI is InChI=1S/C15H19ClN4/c1-20-15(13-11(16)8-5-9-12(13)17)18-14(19-20)10-6-3-2-4-7-10/h5,8-10H,2-4,6-7,17H2,1H3. The summed E-state index contributed by atoms with van der Waals surface area (Å²) in [5.74, 6) is 2.17. The van der Waals surface area contributed by atoms with E-state index in [0.717, 1.165) is 17.2 Å². The number of aryl methyl sites for hydroxylation is 1. The molecule has 2 N–H and O–H groups in total. The molecule has 3 rings (SSSR count). The topological polar surface area (TPSA) is 56.7 Å². The van der Waals surface area contributed by atoms with E-state index >= 15 is 0 Å². The molecule has 1 aliphatic carbocycles. The summed E-state index contributed by atoms with van der Waals surface area (Å²) in [7, 11) is 1.90. The Bertz CT molecular complexity index is 594. The molecule has 1 saturated carbocycles. The lowest BCUT2D eigenvalue weighted by molar-refractivity contribution is 0.427. The Morgan fingerprint density at radius 1 is 1.25 bits per heavy atom. The molecule has 0 aliphatic heterocycles. The van der Waals surface area contributed by atoms with E-state index in [2.05, 4.69) is 5.10 Å². The van der Waals surface area contributed by atoms with Gasteiger partial charge in [-0.05, 0) is 25.0 Å². The van der Waals surface area contributed by atoms with Crippen LogP contribution in [0.1, 0.15) is 43.8 Å². The van der Waals surface area contributed by atoms with Crippen LogP contribution >= 0.6 is 11.6 Å². The summed E-state index contributed by atoms with van der Waals surface area (Å²) in [5, 5.41) is 5.21. The molecule has 0 saturated heterocycles. The first-order chi connectivity index (χ1) is 9.66. The lowest BCUT2D eigenvalue weighted by Crippen LogP contribution is -2.06. The second kappa shape index (κ2) is 5.44. The minimum Gasteiger partial charge on any atom is -0.398 e. The van der Waals surface area contributed by atoms with E-state index in [9.17, 15) is 0 Å². The van der Waals surface area contributed by atoms with Gasteiger partial charge in [-0.25, -0.2) is 9.67 Å². The molecule has 2 aromatic rings. The second-order valence-electron chi connectivity index (χ2n) is 5.46. The lowest BCUT2D eigenvalue weighted by atomic mass is 9.89. The summed E-state index contributed by atoms with van der Waals surface area (Å²) in [4.78, 5) is 4.71. The van der Waals surface area contributed by atoms with Crippen molar-refractivity contribution in [2.24, 2.45) is 7.05 Å². The van der Waals surface area contributed by atoms with Gasteiger partial charge in [0.05, 0.1) is 10.6 Å². The van der Waals surface area contributed by atoms with Crippen molar-refractivity contribution in [1.29, 1.82) is 0 Å². The molecule has 1 aromatic carbocycles. The molecule has 0 atom stereocenters. The zero-order valence-electron chi connectivity index (χ0n) is 11.6. The third kappa shape index (κ3) is 2.40. The Labute approximate surface area is 124 Å². The third-order valence-electron chi connectivity index (χ3n) is 4.02. The highest BCUT2D eigenvalue weighted by Gasteiger charge is 2.22. The molecule has 1 aliphatic rings. The van der Waals surface area contributed by atoms with Gasteiger partial charge in [0.15, 0.2) is 11.6 Å². The van der Waals surface area contributed by atoms with Crippen LogP contribution in [0.4, 0.5) is 5.69 Å². The molecule has 0 radical (unpaired) electrons. The number of aromatic nitrogens is 3. The first-order valence-electron chi connectivity index (χ1n) is 7.12. The lowest BCUT2D eigenvalue weighted by Gasteiger charge is -2.18. The van der Waals surface area contributed by atoms with Crippen LogP contribution in [0.15, 0.2) is 18.2 Å². The zero-order valence-corrected chi connectivity index (χ0v) is 12.4. The summed E-state index contributed by atoms with van der Waals surface area (Å²) in [6.07, 6.45) is 6.23. The molecule has 0 bridgehead atoms. The molecule has 1 heterocycles. The number of nitrogens with two attached hydrogens (primary N) is 1. The molecule has 0 unspecified atom stereocenters. The third-order valence-corrected chi connectivity index (χ3v) is 4.33. The van der Waals surface area contributed by atoms with Crippen molar-refractivity contribution >= 4 is 17.3 Å². The maximum absolute atomic E-state index is 6.27. The maximum Gasteiger partial charge on any atom is 0.161 e. The van der Waals surface area contributed by atoms with Crippen LogP contribution in [-0.2, 0) is 7.05 Å². The van der Waals surface area contributed by atoms with Crippen molar-refractivity contribution in [3.63, 3.8) is 0 Å². The number of benzene rings is 1. The fourth-order valence-corrected chi connectivity index (χ4v) is 3.20. The van der Waals surface area contributed by atoms with Gasteiger partial charge >= 0.3 is 0 Å². The molecule has 20 heavy (non-hydrogen) atoms. The first kappa shape index (κ1) is 13.4. The van der Waals surface area contributed by atoms with Crippen LogP contribution in [0, 0.1) is 0 Å². The largest absolute Gasteiger partial charge is 0.398 e. The highest BCUT2D eigenvalue weighted by atomic mass is 35.5. The summed E-state index contributed by atoms with van der Waals surface area (Å²) >= 11 is 6.27. The van der Waals surface area contributed by atoms with Gasteiger partial charge in [-0.15, -0.1) is 0 Å². The number of hydrogen-bond acceptors (Lipinski definition) is 3. The number of hydrogen-bond donors (Lipinski definition) is 1. The zero-order chi connectivity index (χ0) is 14.1. The Morgan fingerprint density at radius 2 is 2.00 bits per heavy atom. The van der Waals surface area contributed by atoms with E-state index in [1.165, 1.54) is 32.1 Å². The van der Waals surface area contributed by atoms with Gasteiger partial charge < -0.3 is 5.73 Å². The molecule has 0 amide bonds. The summed E-state index contributed by atoms with van der Waals surface area (Å²) in [5.41, 5.74) is 7.47. The Balaban J connectivity index is 2.00. The van der Waals surface area contributed by atoms with Gasteiger partial charge in [-0.1, -0.05) is 36.9 Å². The molecular weight excluding hydrogens is 272 g/mol. The van der Waals surface area contributed by atoms with Gasteiger partial charge in [0, 0.05) is 18.7 Å². The van der Waals surface area contributed by atoms with Crippen molar-refractivity contribution in [3.8, 4) is 11.4 Å². The number of nitrogen functional groups attached to an aromatic ring is 1. The smallest absolute Gasteiger partial charge is 0.161 e. The van der Waals surface area contributed by atoms with Crippen molar-refractivity contribution in [1.82, 2.24) is 14.8 Å². The van der Waals surface area contributed by atoms with Crippen LogP contribution in [0.25, 0.3) is 11.4 Å². The predicted octanol–water partition coefficient (Wildman–Crippen LogP) is 3.77. The normalized spacial score (nSPS) is 16.5. The van der Waals surface area contributed by atoms with Crippen LogP contribution in [0.3, 0.4) is 0 Å². The fourth-order valence-electron chi connectivity index (χ4n) is 2.93. The minimum atomic E-state index is 0.479. The van der Waals surface area contributed by atoms with E-state index in [-0.39, 0.29) is 0 Å². The average Bonchev–Trinajstić information content (AvgIpc) is 2.82. The van der Waals surface area contributed by atoms with Gasteiger partial charge in [0.2, 0.25) is 0 Å². The van der Waals surface area contributed by atoms with Crippen LogP contribution in [-0.4, -0.2) is 14.8 Å². The van der Waals surface area contributed by atoms with E-state index in [1.54, 1.807) is 4.68 Å². The highest BCUT2D eigenvalue weighted by molar-refractivity contribution is 6.33. The second-order valence-corrected chi connectivity index (χ2v) is 5.86. The van der Waals surface area contributed by atoms with E-state index in [0.29, 0.717) is 16.6 Å². The van der Waals surface area contributed by atoms with E-state index < -0.39 is 0 Å². The van der Waals surface area contributed by atoms with Crippen LogP contribution in [0.5, 0.6) is 0 Å². The molecule has 0 spiro atoms. The number of anilines is 1. The number of rotatable bonds is 2. The summed E-state index contributed by atoms with van der Waals surface area (Å²) < 4.78 is 1.79. The van der Waals surface area contributed by atoms with Crippen molar-refractivity contribution in [2.75, 3.05) is 5.73 Å². The number of nitrogens with zero attached hydrogens (tertiary/aromatic N) is 3. The average molecular weight is 291 g/mol. The monoisotopic (exact) mass is 290 g/mol. The molecule has 1 aromatic heterocycles. The van der Waals surface area contributed by atoms with Crippen molar-refractivity contribution < 1.29 is 0 Å².